The van der Waals surface area contributed by atoms with Crippen LogP contribution in [0.25, 0.3) is 0 Å². The van der Waals surface area contributed by atoms with Crippen molar-refractivity contribution in [2.75, 3.05) is 36.8 Å². The number of piperazine rings is 1. The van der Waals surface area contributed by atoms with Crippen LogP contribution >= 0.6 is 34.8 Å². The summed E-state index contributed by atoms with van der Waals surface area (Å²) in [6, 6.07) is 6.20. The summed E-state index contributed by atoms with van der Waals surface area (Å²) < 4.78 is 27.1. The van der Waals surface area contributed by atoms with Gasteiger partial charge in [0.15, 0.2) is 0 Å². The fraction of sp³-hybridized carbons (Fsp3) is 0.286. The van der Waals surface area contributed by atoms with Crippen LogP contribution in [0.3, 0.4) is 0 Å². The largest absolute Gasteiger partial charge is 0.368 e. The van der Waals surface area contributed by atoms with E-state index in [0.29, 0.717) is 18.9 Å². The molecule has 1 fully saturated rings. The van der Waals surface area contributed by atoms with Crippen LogP contribution in [0, 0.1) is 0 Å². The standard InChI is InChI=1S/C14H14Cl3N5O2S/c15-9-2-1-3-10(16)13(9)25(23,24)22-6-4-21(5-7-22)12-8-11(17)19-14(18)20-12/h1-3,8H,4-7H2,(H2,18,19,20). The molecule has 0 aliphatic carbocycles. The van der Waals surface area contributed by atoms with Crippen LogP contribution in [-0.2, 0) is 10.0 Å². The lowest BCUT2D eigenvalue weighted by molar-refractivity contribution is 0.384. The van der Waals surface area contributed by atoms with Crippen molar-refractivity contribution in [3.05, 3.63) is 39.5 Å². The van der Waals surface area contributed by atoms with Crippen molar-refractivity contribution in [1.29, 1.82) is 0 Å². The van der Waals surface area contributed by atoms with Gasteiger partial charge in [-0.2, -0.15) is 9.29 Å². The Kier molecular flexibility index (Phi) is 5.26. The fourth-order valence-corrected chi connectivity index (χ4v) is 5.30. The summed E-state index contributed by atoms with van der Waals surface area (Å²) in [6.45, 7) is 1.36. The van der Waals surface area contributed by atoms with Crippen molar-refractivity contribution in [2.45, 2.75) is 4.90 Å². The first-order valence-corrected chi connectivity index (χ1v) is 9.85. The maximum absolute atomic E-state index is 12.9. The van der Waals surface area contributed by atoms with E-state index in [-0.39, 0.29) is 39.1 Å². The monoisotopic (exact) mass is 421 g/mol. The van der Waals surface area contributed by atoms with Crippen molar-refractivity contribution in [2.24, 2.45) is 0 Å². The molecular weight excluding hydrogens is 409 g/mol. The number of sulfonamides is 1. The second-order valence-corrected chi connectivity index (χ2v) is 8.43. The highest BCUT2D eigenvalue weighted by Gasteiger charge is 2.32. The van der Waals surface area contributed by atoms with Crippen LogP contribution in [0.2, 0.25) is 15.2 Å². The molecule has 1 saturated heterocycles. The van der Waals surface area contributed by atoms with Crippen LogP contribution in [0.4, 0.5) is 11.8 Å². The molecule has 2 heterocycles. The average molecular weight is 423 g/mol. The van der Waals surface area contributed by atoms with Crippen LogP contribution in [0.1, 0.15) is 0 Å². The highest BCUT2D eigenvalue weighted by Crippen LogP contribution is 2.32. The lowest BCUT2D eigenvalue weighted by atomic mass is 10.3. The Balaban J connectivity index is 1.80. The molecule has 0 amide bonds. The Bertz CT molecular complexity index is 861. The first-order valence-electron chi connectivity index (χ1n) is 7.28. The molecule has 25 heavy (non-hydrogen) atoms. The predicted octanol–water partition coefficient (Wildman–Crippen LogP) is 2.53. The molecule has 3 rings (SSSR count). The molecular formula is C14H14Cl3N5O2S. The quantitative estimate of drug-likeness (QED) is 0.764. The van der Waals surface area contributed by atoms with E-state index < -0.39 is 10.0 Å². The molecule has 0 atom stereocenters. The molecule has 0 radical (unpaired) electrons. The van der Waals surface area contributed by atoms with E-state index in [0.717, 1.165) is 0 Å². The number of hydrogen-bond donors (Lipinski definition) is 1. The number of anilines is 2. The van der Waals surface area contributed by atoms with E-state index in [2.05, 4.69) is 9.97 Å². The van der Waals surface area contributed by atoms with E-state index in [1.807, 2.05) is 4.90 Å². The maximum Gasteiger partial charge on any atom is 0.246 e. The normalized spacial score (nSPS) is 16.2. The molecule has 7 nitrogen and oxygen atoms in total. The van der Waals surface area contributed by atoms with E-state index in [9.17, 15) is 8.42 Å². The second-order valence-electron chi connectivity index (χ2n) is 5.35. The van der Waals surface area contributed by atoms with Crippen molar-refractivity contribution in [3.63, 3.8) is 0 Å². The van der Waals surface area contributed by atoms with Crippen molar-refractivity contribution in [1.82, 2.24) is 14.3 Å². The van der Waals surface area contributed by atoms with Gasteiger partial charge in [0.25, 0.3) is 0 Å². The van der Waals surface area contributed by atoms with Crippen molar-refractivity contribution < 1.29 is 8.42 Å². The molecule has 1 aromatic carbocycles. The van der Waals surface area contributed by atoms with E-state index in [1.54, 1.807) is 12.1 Å². The molecule has 0 unspecified atom stereocenters. The van der Waals surface area contributed by atoms with Gasteiger partial charge in [-0.25, -0.2) is 13.4 Å². The fourth-order valence-electron chi connectivity index (χ4n) is 2.60. The van der Waals surface area contributed by atoms with Gasteiger partial charge < -0.3 is 10.6 Å². The van der Waals surface area contributed by atoms with Crippen LogP contribution in [0.15, 0.2) is 29.2 Å². The molecule has 1 aromatic heterocycles. The van der Waals surface area contributed by atoms with Crippen molar-refractivity contribution >= 4 is 56.6 Å². The minimum atomic E-state index is -3.79. The smallest absolute Gasteiger partial charge is 0.246 e. The topological polar surface area (TPSA) is 92.4 Å². The zero-order chi connectivity index (χ0) is 18.2. The molecule has 0 saturated carbocycles. The number of nitrogen functional groups attached to an aromatic ring is 1. The van der Waals surface area contributed by atoms with Gasteiger partial charge in [-0.1, -0.05) is 40.9 Å². The Morgan fingerprint density at radius 1 is 1.00 bits per heavy atom. The Hall–Kier alpha value is -1.32. The number of nitrogens with zero attached hydrogens (tertiary/aromatic N) is 4. The Labute approximate surface area is 160 Å². The molecule has 2 N–H and O–H groups in total. The number of nitrogens with two attached hydrogens (primary N) is 1. The van der Waals surface area contributed by atoms with Crippen LogP contribution < -0.4 is 10.6 Å². The molecule has 11 heteroatoms. The molecule has 0 bridgehead atoms. The minimum Gasteiger partial charge on any atom is -0.368 e. The molecule has 2 aromatic rings. The van der Waals surface area contributed by atoms with Gasteiger partial charge in [0.2, 0.25) is 16.0 Å². The third kappa shape index (κ3) is 3.78. The van der Waals surface area contributed by atoms with Crippen molar-refractivity contribution in [3.8, 4) is 0 Å². The third-order valence-electron chi connectivity index (χ3n) is 3.78. The number of benzene rings is 1. The highest BCUT2D eigenvalue weighted by atomic mass is 35.5. The Morgan fingerprint density at radius 3 is 2.16 bits per heavy atom. The van der Waals surface area contributed by atoms with Crippen LogP contribution in [-0.4, -0.2) is 48.9 Å². The zero-order valence-corrected chi connectivity index (χ0v) is 15.9. The SMILES string of the molecule is Nc1nc(Cl)cc(N2CCN(S(=O)(=O)c3c(Cl)cccc3Cl)CC2)n1. The molecule has 134 valence electrons. The van der Waals surface area contributed by atoms with E-state index in [4.69, 9.17) is 40.5 Å². The Morgan fingerprint density at radius 2 is 1.60 bits per heavy atom. The molecule has 0 spiro atoms. The lowest BCUT2D eigenvalue weighted by Crippen LogP contribution is -2.49. The summed E-state index contributed by atoms with van der Waals surface area (Å²) in [5.74, 6) is 0.630. The first kappa shape index (κ1) is 18.5. The van der Waals surface area contributed by atoms with Gasteiger partial charge in [-0.3, -0.25) is 0 Å². The number of hydrogen-bond acceptors (Lipinski definition) is 6. The first-order chi connectivity index (χ1) is 11.8. The van der Waals surface area contributed by atoms with Crippen LogP contribution in [0.5, 0.6) is 0 Å². The number of rotatable bonds is 3. The maximum atomic E-state index is 12.9. The van der Waals surface area contributed by atoms with Gasteiger partial charge in [0, 0.05) is 32.2 Å². The van der Waals surface area contributed by atoms with Gasteiger partial charge in [0.1, 0.15) is 15.9 Å². The summed E-state index contributed by atoms with van der Waals surface area (Å²) in [5.41, 5.74) is 5.60. The lowest BCUT2D eigenvalue weighted by Gasteiger charge is -2.34. The van der Waals surface area contributed by atoms with Gasteiger partial charge in [0.05, 0.1) is 10.0 Å². The van der Waals surface area contributed by atoms with Gasteiger partial charge >= 0.3 is 0 Å². The number of halogens is 3. The molecule has 1 aliphatic heterocycles. The van der Waals surface area contributed by atoms with E-state index >= 15 is 0 Å². The summed E-state index contributed by atoms with van der Waals surface area (Å²) in [4.78, 5) is 9.77. The average Bonchev–Trinajstić information content (AvgIpc) is 2.53. The van der Waals surface area contributed by atoms with Gasteiger partial charge in [-0.05, 0) is 12.1 Å². The zero-order valence-electron chi connectivity index (χ0n) is 12.9. The molecule has 1 aliphatic rings. The summed E-state index contributed by atoms with van der Waals surface area (Å²) in [7, 11) is -3.79. The second kappa shape index (κ2) is 7.13. The van der Waals surface area contributed by atoms with Gasteiger partial charge in [-0.15, -0.1) is 0 Å². The minimum absolute atomic E-state index is 0.0684. The highest BCUT2D eigenvalue weighted by molar-refractivity contribution is 7.89. The predicted molar refractivity (Wildman–Crippen MR) is 98.9 cm³/mol. The van der Waals surface area contributed by atoms with E-state index in [1.165, 1.54) is 16.4 Å². The third-order valence-corrected chi connectivity index (χ3v) is 6.83. The summed E-state index contributed by atoms with van der Waals surface area (Å²) in [6.07, 6.45) is 0. The number of aromatic nitrogens is 2. The summed E-state index contributed by atoms with van der Waals surface area (Å²) in [5, 5.41) is 0.441. The summed E-state index contributed by atoms with van der Waals surface area (Å²) >= 11 is 18.0.